The summed E-state index contributed by atoms with van der Waals surface area (Å²) >= 11 is 0. The fourth-order valence-corrected chi connectivity index (χ4v) is 3.21. The number of nitrogens with zero attached hydrogens (tertiary/aromatic N) is 3. The van der Waals surface area contributed by atoms with Gasteiger partial charge in [0.2, 0.25) is 0 Å². The van der Waals surface area contributed by atoms with Crippen molar-refractivity contribution in [2.45, 2.75) is 38.7 Å². The van der Waals surface area contributed by atoms with Gasteiger partial charge in [-0.3, -0.25) is 10.1 Å². The Labute approximate surface area is 158 Å². The van der Waals surface area contributed by atoms with Crippen LogP contribution in [0, 0.1) is 17.1 Å². The third-order valence-electron chi connectivity index (χ3n) is 4.84. The van der Waals surface area contributed by atoms with E-state index in [1.807, 2.05) is 11.7 Å². The molecule has 7 heteroatoms. The van der Waals surface area contributed by atoms with Crippen LogP contribution in [0.15, 0.2) is 29.4 Å². The van der Waals surface area contributed by atoms with Crippen LogP contribution >= 0.6 is 0 Å². The molecule has 1 aromatic carbocycles. The Morgan fingerprint density at radius 3 is 2.81 bits per heavy atom. The van der Waals surface area contributed by atoms with Crippen molar-refractivity contribution in [2.75, 3.05) is 7.05 Å². The summed E-state index contributed by atoms with van der Waals surface area (Å²) in [6.07, 6.45) is 3.08. The van der Waals surface area contributed by atoms with Crippen molar-refractivity contribution in [3.05, 3.63) is 52.6 Å². The number of aliphatic hydroxyl groups excluding tert-OH is 1. The number of nitrogens with one attached hydrogen (secondary N) is 2. The Morgan fingerprint density at radius 1 is 1.44 bits per heavy atom. The number of hydrogen-bond donors (Lipinski definition) is 3. The van der Waals surface area contributed by atoms with Gasteiger partial charge in [0.1, 0.15) is 5.82 Å². The molecular weight excluding hydrogens is 345 g/mol. The number of benzene rings is 1. The molecule has 3 N–H and O–H groups in total. The number of halogens is 1. The van der Waals surface area contributed by atoms with Gasteiger partial charge in [-0.15, -0.1) is 0 Å². The van der Waals surface area contributed by atoms with Crippen LogP contribution in [0.2, 0.25) is 0 Å². The first kappa shape index (κ1) is 19.2. The molecule has 1 aliphatic rings. The molecule has 6 nitrogen and oxygen atoms in total. The molecule has 0 bridgehead atoms. The van der Waals surface area contributed by atoms with E-state index in [1.54, 1.807) is 14.0 Å². The maximum atomic E-state index is 13.6. The SMILES string of the molecule is CN/N=C(/Cc1cc(CC2CC2)nn1C)C(=N)c1ccc(F)cc1[C@@H](C)O. The number of aromatic nitrogens is 2. The average molecular weight is 371 g/mol. The first-order valence-electron chi connectivity index (χ1n) is 9.21. The van der Waals surface area contributed by atoms with Crippen LogP contribution in [0.3, 0.4) is 0 Å². The molecule has 1 saturated carbocycles. The van der Waals surface area contributed by atoms with Crippen molar-refractivity contribution in [2.24, 2.45) is 18.1 Å². The van der Waals surface area contributed by atoms with Crippen molar-refractivity contribution in [1.29, 1.82) is 5.41 Å². The Balaban J connectivity index is 1.87. The summed E-state index contributed by atoms with van der Waals surface area (Å²) < 4.78 is 15.4. The number of aliphatic hydroxyl groups is 1. The molecule has 0 amide bonds. The molecule has 1 fully saturated rings. The predicted molar refractivity (Wildman–Crippen MR) is 104 cm³/mol. The summed E-state index contributed by atoms with van der Waals surface area (Å²) in [4.78, 5) is 0. The summed E-state index contributed by atoms with van der Waals surface area (Å²) in [6.45, 7) is 1.56. The van der Waals surface area contributed by atoms with E-state index in [1.165, 1.54) is 31.0 Å². The molecule has 0 radical (unpaired) electrons. The highest BCUT2D eigenvalue weighted by Gasteiger charge is 2.24. The van der Waals surface area contributed by atoms with Crippen molar-refractivity contribution < 1.29 is 9.50 Å². The van der Waals surface area contributed by atoms with Crippen LogP contribution in [-0.4, -0.2) is 33.4 Å². The third kappa shape index (κ3) is 4.60. The van der Waals surface area contributed by atoms with Gasteiger partial charge in [0.05, 0.1) is 23.2 Å². The molecule has 0 saturated heterocycles. The van der Waals surface area contributed by atoms with Crippen LogP contribution in [0.4, 0.5) is 4.39 Å². The normalized spacial score (nSPS) is 15.7. The minimum Gasteiger partial charge on any atom is -0.389 e. The summed E-state index contributed by atoms with van der Waals surface area (Å²) in [5, 5.41) is 27.4. The summed E-state index contributed by atoms with van der Waals surface area (Å²) in [5.74, 6) is 0.315. The zero-order valence-corrected chi connectivity index (χ0v) is 16.0. The van der Waals surface area contributed by atoms with Gasteiger partial charge in [-0.05, 0) is 61.9 Å². The maximum absolute atomic E-state index is 13.6. The highest BCUT2D eigenvalue weighted by atomic mass is 19.1. The van der Waals surface area contributed by atoms with Gasteiger partial charge in [0.15, 0.2) is 0 Å². The van der Waals surface area contributed by atoms with E-state index < -0.39 is 11.9 Å². The van der Waals surface area contributed by atoms with Gasteiger partial charge < -0.3 is 10.5 Å². The molecule has 27 heavy (non-hydrogen) atoms. The zero-order chi connectivity index (χ0) is 19.6. The van der Waals surface area contributed by atoms with E-state index in [4.69, 9.17) is 5.41 Å². The molecule has 0 aliphatic heterocycles. The zero-order valence-electron chi connectivity index (χ0n) is 16.0. The van der Waals surface area contributed by atoms with Crippen molar-refractivity contribution in [3.8, 4) is 0 Å². The van der Waals surface area contributed by atoms with Crippen LogP contribution in [0.25, 0.3) is 0 Å². The molecule has 1 heterocycles. The Bertz CT molecular complexity index is 867. The Kier molecular flexibility index (Phi) is 5.70. The lowest BCUT2D eigenvalue weighted by Gasteiger charge is -2.15. The molecule has 1 aromatic heterocycles. The minimum absolute atomic E-state index is 0.158. The van der Waals surface area contributed by atoms with Crippen LogP contribution in [0.5, 0.6) is 0 Å². The number of hydrogen-bond acceptors (Lipinski definition) is 5. The fraction of sp³-hybridized carbons (Fsp3) is 0.450. The van der Waals surface area contributed by atoms with Crippen LogP contribution < -0.4 is 5.43 Å². The lowest BCUT2D eigenvalue weighted by molar-refractivity contribution is 0.198. The van der Waals surface area contributed by atoms with Crippen molar-refractivity contribution >= 4 is 11.4 Å². The van der Waals surface area contributed by atoms with Gasteiger partial charge in [0, 0.05) is 31.8 Å². The molecule has 1 aliphatic carbocycles. The number of aryl methyl sites for hydroxylation is 1. The number of rotatable bonds is 8. The quantitative estimate of drug-likeness (QED) is 0.493. The van der Waals surface area contributed by atoms with Gasteiger partial charge in [-0.1, -0.05) is 0 Å². The smallest absolute Gasteiger partial charge is 0.123 e. The van der Waals surface area contributed by atoms with Crippen molar-refractivity contribution in [3.63, 3.8) is 0 Å². The summed E-state index contributed by atoms with van der Waals surface area (Å²) in [5.41, 5.74) is 6.29. The molecule has 144 valence electrons. The van der Waals surface area contributed by atoms with Crippen LogP contribution in [0.1, 0.15) is 48.4 Å². The maximum Gasteiger partial charge on any atom is 0.123 e. The van der Waals surface area contributed by atoms with Gasteiger partial charge in [-0.25, -0.2) is 4.39 Å². The second-order valence-corrected chi connectivity index (χ2v) is 7.14. The molecule has 2 aromatic rings. The molecule has 0 spiro atoms. The monoisotopic (exact) mass is 371 g/mol. The van der Waals surface area contributed by atoms with Gasteiger partial charge in [-0.2, -0.15) is 10.2 Å². The Hall–Kier alpha value is -2.54. The average Bonchev–Trinajstić information content (AvgIpc) is 3.36. The third-order valence-corrected chi connectivity index (χ3v) is 4.84. The highest BCUT2D eigenvalue weighted by Crippen LogP contribution is 2.32. The molecular formula is C20H26FN5O. The largest absolute Gasteiger partial charge is 0.389 e. The summed E-state index contributed by atoms with van der Waals surface area (Å²) in [7, 11) is 3.57. The number of hydrazone groups is 1. The van der Waals surface area contributed by atoms with E-state index in [0.717, 1.165) is 23.7 Å². The minimum atomic E-state index is -0.881. The van der Waals surface area contributed by atoms with Crippen LogP contribution in [-0.2, 0) is 19.9 Å². The van der Waals surface area contributed by atoms with E-state index in [-0.39, 0.29) is 5.71 Å². The van der Waals surface area contributed by atoms with E-state index in [2.05, 4.69) is 21.7 Å². The van der Waals surface area contributed by atoms with E-state index in [0.29, 0.717) is 23.3 Å². The summed E-state index contributed by atoms with van der Waals surface area (Å²) in [6, 6.07) is 6.15. The van der Waals surface area contributed by atoms with Crippen molar-refractivity contribution in [1.82, 2.24) is 15.2 Å². The van der Waals surface area contributed by atoms with Gasteiger partial charge in [0.25, 0.3) is 0 Å². The highest BCUT2D eigenvalue weighted by molar-refractivity contribution is 6.47. The predicted octanol–water partition coefficient (Wildman–Crippen LogP) is 2.75. The van der Waals surface area contributed by atoms with E-state index >= 15 is 0 Å². The van der Waals surface area contributed by atoms with E-state index in [9.17, 15) is 9.50 Å². The van der Waals surface area contributed by atoms with Gasteiger partial charge >= 0.3 is 0 Å². The lowest BCUT2D eigenvalue weighted by Crippen LogP contribution is -2.23. The molecule has 0 unspecified atom stereocenters. The molecule has 3 rings (SSSR count). The standard InChI is InChI=1S/C20H26FN5O/c1-12(27)18-9-14(21)6-7-17(18)20(22)19(24-23-2)11-16-10-15(25-26(16)3)8-13-4-5-13/h6-7,9-10,12-13,22-23,27H,4-5,8,11H2,1-3H3/b22-20?,24-19-/t12-/m1/s1. The second kappa shape index (κ2) is 8.00. The fourth-order valence-electron chi connectivity index (χ4n) is 3.21. The molecule has 1 atom stereocenters. The lowest BCUT2D eigenvalue weighted by atomic mass is 9.95. The first-order chi connectivity index (χ1) is 12.9. The Morgan fingerprint density at radius 2 is 2.19 bits per heavy atom. The second-order valence-electron chi connectivity index (χ2n) is 7.14. The first-order valence-corrected chi connectivity index (χ1v) is 9.21. The topological polar surface area (TPSA) is 86.3 Å².